The second-order valence-corrected chi connectivity index (χ2v) is 7.16. The van der Waals surface area contributed by atoms with E-state index in [2.05, 4.69) is 127 Å². The van der Waals surface area contributed by atoms with Gasteiger partial charge in [0.2, 0.25) is 0 Å². The van der Waals surface area contributed by atoms with E-state index >= 15 is 0 Å². The fourth-order valence-electron chi connectivity index (χ4n) is 3.45. The molecule has 0 fully saturated rings. The molecule has 0 N–H and O–H groups in total. The van der Waals surface area contributed by atoms with E-state index < -0.39 is 0 Å². The van der Waals surface area contributed by atoms with Gasteiger partial charge in [0, 0.05) is 18.4 Å². The van der Waals surface area contributed by atoms with Gasteiger partial charge in [-0.25, -0.2) is 0 Å². The summed E-state index contributed by atoms with van der Waals surface area (Å²) >= 11 is 0. The topological polar surface area (TPSA) is 3.24 Å². The second kappa shape index (κ2) is 9.58. The number of fused-ring (bicyclic) bond motifs is 1. The predicted molar refractivity (Wildman–Crippen MR) is 130 cm³/mol. The standard InChI is InChI=1S/C16H12.C13H13N/c1-2-6-13(7-3-1)16-11-10-14-8-4-5-9-15(14)12-16;1-14(12-8-4-2-5-9-12)13-10-6-3-7-11-13/h1-12H;2-11H,1H3. The molecule has 0 unspecified atom stereocenters. The Labute approximate surface area is 178 Å². The summed E-state index contributed by atoms with van der Waals surface area (Å²) in [6, 6.07) is 46.2. The summed E-state index contributed by atoms with van der Waals surface area (Å²) in [5, 5.41) is 2.59. The Kier molecular flexibility index (Phi) is 6.22. The first-order valence-corrected chi connectivity index (χ1v) is 10.2. The van der Waals surface area contributed by atoms with Gasteiger partial charge in [-0.05, 0) is 52.2 Å². The summed E-state index contributed by atoms with van der Waals surface area (Å²) in [6.45, 7) is 0. The Morgan fingerprint density at radius 2 is 0.867 bits per heavy atom. The zero-order valence-corrected chi connectivity index (χ0v) is 17.1. The van der Waals surface area contributed by atoms with Gasteiger partial charge in [0.15, 0.2) is 0 Å². The van der Waals surface area contributed by atoms with Crippen molar-refractivity contribution in [3.63, 3.8) is 0 Å². The zero-order chi connectivity index (χ0) is 20.6. The fourth-order valence-corrected chi connectivity index (χ4v) is 3.45. The molecule has 0 amide bonds. The number of hydrogen-bond donors (Lipinski definition) is 0. The molecule has 0 radical (unpaired) electrons. The van der Waals surface area contributed by atoms with Crippen LogP contribution in [0.1, 0.15) is 0 Å². The quantitative estimate of drug-likeness (QED) is 0.303. The van der Waals surface area contributed by atoms with Gasteiger partial charge in [-0.15, -0.1) is 0 Å². The van der Waals surface area contributed by atoms with Crippen molar-refractivity contribution < 1.29 is 0 Å². The lowest BCUT2D eigenvalue weighted by Gasteiger charge is -2.18. The van der Waals surface area contributed by atoms with Gasteiger partial charge in [-0.3, -0.25) is 0 Å². The molecule has 0 aliphatic heterocycles. The maximum Gasteiger partial charge on any atom is 0.0408 e. The molecule has 146 valence electrons. The van der Waals surface area contributed by atoms with Gasteiger partial charge in [-0.2, -0.15) is 0 Å². The number of anilines is 2. The molecule has 1 nitrogen and oxygen atoms in total. The highest BCUT2D eigenvalue weighted by atomic mass is 15.1. The van der Waals surface area contributed by atoms with Crippen molar-refractivity contribution in [2.75, 3.05) is 11.9 Å². The number of rotatable bonds is 3. The van der Waals surface area contributed by atoms with Crippen molar-refractivity contribution in [2.45, 2.75) is 0 Å². The lowest BCUT2D eigenvalue weighted by molar-refractivity contribution is 1.21. The highest BCUT2D eigenvalue weighted by Gasteiger charge is 2.00. The van der Waals surface area contributed by atoms with E-state index in [-0.39, 0.29) is 0 Å². The molecule has 0 heterocycles. The molecular formula is C29H25N. The van der Waals surface area contributed by atoms with Gasteiger partial charge < -0.3 is 4.90 Å². The smallest absolute Gasteiger partial charge is 0.0408 e. The molecule has 5 aromatic rings. The minimum absolute atomic E-state index is 1.21. The predicted octanol–water partition coefficient (Wildman–Crippen LogP) is 7.96. The number of hydrogen-bond acceptors (Lipinski definition) is 1. The Balaban J connectivity index is 0.000000147. The van der Waals surface area contributed by atoms with Gasteiger partial charge in [0.1, 0.15) is 0 Å². The summed E-state index contributed by atoms with van der Waals surface area (Å²) in [7, 11) is 2.07. The molecule has 0 bridgehead atoms. The Hall–Kier alpha value is -3.84. The van der Waals surface area contributed by atoms with E-state index in [0.717, 1.165) is 0 Å². The normalized spacial score (nSPS) is 10.2. The second-order valence-electron chi connectivity index (χ2n) is 7.16. The average molecular weight is 388 g/mol. The van der Waals surface area contributed by atoms with Crippen molar-refractivity contribution in [3.8, 4) is 11.1 Å². The van der Waals surface area contributed by atoms with E-state index in [9.17, 15) is 0 Å². The largest absolute Gasteiger partial charge is 0.345 e. The molecule has 0 saturated carbocycles. The van der Waals surface area contributed by atoms with E-state index in [4.69, 9.17) is 0 Å². The van der Waals surface area contributed by atoms with Crippen LogP contribution in [0.4, 0.5) is 11.4 Å². The number of benzene rings is 5. The SMILES string of the molecule is CN(c1ccccc1)c1ccccc1.c1ccc(-c2ccc3ccccc3c2)cc1. The van der Waals surface area contributed by atoms with E-state index in [1.807, 2.05) is 18.2 Å². The molecule has 0 aliphatic rings. The van der Waals surface area contributed by atoms with E-state index in [1.54, 1.807) is 0 Å². The summed E-state index contributed by atoms with van der Waals surface area (Å²) in [5.41, 5.74) is 4.96. The lowest BCUT2D eigenvalue weighted by Crippen LogP contribution is -2.08. The molecule has 0 aromatic heterocycles. The van der Waals surface area contributed by atoms with Crippen LogP contribution >= 0.6 is 0 Å². The zero-order valence-electron chi connectivity index (χ0n) is 17.1. The average Bonchev–Trinajstić information content (AvgIpc) is 2.85. The molecule has 30 heavy (non-hydrogen) atoms. The minimum Gasteiger partial charge on any atom is -0.345 e. The van der Waals surface area contributed by atoms with Crippen LogP contribution in [0.2, 0.25) is 0 Å². The van der Waals surface area contributed by atoms with E-state index in [0.29, 0.717) is 0 Å². The first-order chi connectivity index (χ1) is 14.8. The first-order valence-electron chi connectivity index (χ1n) is 10.2. The maximum atomic E-state index is 2.24. The fraction of sp³-hybridized carbons (Fsp3) is 0.0345. The monoisotopic (exact) mass is 387 g/mol. The highest BCUT2D eigenvalue weighted by Crippen LogP contribution is 2.24. The molecule has 0 spiro atoms. The summed E-state index contributed by atoms with van der Waals surface area (Å²) in [6.07, 6.45) is 0. The van der Waals surface area contributed by atoms with Gasteiger partial charge in [0.25, 0.3) is 0 Å². The lowest BCUT2D eigenvalue weighted by atomic mass is 10.0. The van der Waals surface area contributed by atoms with Crippen LogP contribution in [-0.2, 0) is 0 Å². The molecule has 0 atom stereocenters. The third-order valence-corrected chi connectivity index (χ3v) is 5.14. The van der Waals surface area contributed by atoms with Crippen LogP contribution in [0.3, 0.4) is 0 Å². The molecular weight excluding hydrogens is 362 g/mol. The van der Waals surface area contributed by atoms with Crippen molar-refractivity contribution in [1.82, 2.24) is 0 Å². The minimum atomic E-state index is 1.21. The van der Waals surface area contributed by atoms with Gasteiger partial charge in [0.05, 0.1) is 0 Å². The summed E-state index contributed by atoms with van der Waals surface area (Å²) in [4.78, 5) is 2.17. The number of para-hydroxylation sites is 2. The van der Waals surface area contributed by atoms with Crippen molar-refractivity contribution in [3.05, 3.63) is 133 Å². The van der Waals surface area contributed by atoms with Gasteiger partial charge in [-0.1, -0.05) is 103 Å². The van der Waals surface area contributed by atoms with Crippen molar-refractivity contribution in [1.29, 1.82) is 0 Å². The third kappa shape index (κ3) is 4.76. The summed E-state index contributed by atoms with van der Waals surface area (Å²) < 4.78 is 0. The molecule has 5 rings (SSSR count). The third-order valence-electron chi connectivity index (χ3n) is 5.14. The van der Waals surface area contributed by atoms with Crippen LogP contribution in [0.15, 0.2) is 133 Å². The molecule has 0 aliphatic carbocycles. The Morgan fingerprint density at radius 1 is 0.400 bits per heavy atom. The van der Waals surface area contributed by atoms with Crippen LogP contribution in [0, 0.1) is 0 Å². The Morgan fingerprint density at radius 3 is 1.43 bits per heavy atom. The van der Waals surface area contributed by atoms with Crippen LogP contribution < -0.4 is 4.90 Å². The van der Waals surface area contributed by atoms with E-state index in [1.165, 1.54) is 33.3 Å². The van der Waals surface area contributed by atoms with Crippen molar-refractivity contribution >= 4 is 22.1 Å². The first kappa shape index (κ1) is 19.5. The van der Waals surface area contributed by atoms with Gasteiger partial charge >= 0.3 is 0 Å². The molecule has 1 heteroatoms. The molecule has 0 saturated heterocycles. The highest BCUT2D eigenvalue weighted by molar-refractivity contribution is 5.87. The summed E-state index contributed by atoms with van der Waals surface area (Å²) in [5.74, 6) is 0. The maximum absolute atomic E-state index is 2.24. The van der Waals surface area contributed by atoms with Crippen molar-refractivity contribution in [2.24, 2.45) is 0 Å². The number of nitrogens with zero attached hydrogens (tertiary/aromatic N) is 1. The van der Waals surface area contributed by atoms with Crippen LogP contribution in [0.5, 0.6) is 0 Å². The molecule has 5 aromatic carbocycles. The van der Waals surface area contributed by atoms with Crippen LogP contribution in [-0.4, -0.2) is 7.05 Å². The Bertz CT molecular complexity index is 1140. The van der Waals surface area contributed by atoms with Crippen LogP contribution in [0.25, 0.3) is 21.9 Å².